The van der Waals surface area contributed by atoms with Crippen molar-refractivity contribution in [2.45, 2.75) is 38.6 Å². The lowest BCUT2D eigenvalue weighted by Crippen LogP contribution is -2.29. The number of hydrogen-bond donors (Lipinski definition) is 0. The number of nitrogens with zero attached hydrogens (tertiary/aromatic N) is 3. The molecule has 23 heavy (non-hydrogen) atoms. The Labute approximate surface area is 137 Å². The van der Waals surface area contributed by atoms with Gasteiger partial charge in [-0.15, -0.1) is 0 Å². The van der Waals surface area contributed by atoms with Crippen molar-refractivity contribution >= 4 is 0 Å². The van der Waals surface area contributed by atoms with Gasteiger partial charge < -0.3 is 4.90 Å². The summed E-state index contributed by atoms with van der Waals surface area (Å²) in [5.41, 5.74) is 3.45. The molecule has 2 atom stereocenters. The van der Waals surface area contributed by atoms with Gasteiger partial charge in [-0.1, -0.05) is 26.0 Å². The number of aromatic nitrogens is 2. The predicted molar refractivity (Wildman–Crippen MR) is 90.7 cm³/mol. The zero-order chi connectivity index (χ0) is 16.6. The second kappa shape index (κ2) is 6.36. The Morgan fingerprint density at radius 1 is 1.13 bits per heavy atom. The van der Waals surface area contributed by atoms with Crippen molar-refractivity contribution in [3.05, 3.63) is 47.4 Å². The third kappa shape index (κ3) is 3.00. The van der Waals surface area contributed by atoms with E-state index in [1.54, 1.807) is 12.1 Å². The van der Waals surface area contributed by atoms with Crippen molar-refractivity contribution < 1.29 is 4.39 Å². The normalized spacial score (nSPS) is 20.8. The molecular formula is C19H24FN3. The van der Waals surface area contributed by atoms with Crippen molar-refractivity contribution in [1.29, 1.82) is 0 Å². The average molecular weight is 313 g/mol. The second-order valence-electron chi connectivity index (χ2n) is 6.96. The summed E-state index contributed by atoms with van der Waals surface area (Å²) in [6.07, 6.45) is 2.23. The maximum atomic E-state index is 14.1. The minimum absolute atomic E-state index is 0.247. The summed E-state index contributed by atoms with van der Waals surface area (Å²) < 4.78 is 14.1. The Kier molecular flexibility index (Phi) is 4.44. The predicted octanol–water partition coefficient (Wildman–Crippen LogP) is 4.42. The monoisotopic (exact) mass is 313 g/mol. The van der Waals surface area contributed by atoms with Crippen LogP contribution in [0.3, 0.4) is 0 Å². The highest BCUT2D eigenvalue weighted by molar-refractivity contribution is 5.60. The lowest BCUT2D eigenvalue weighted by molar-refractivity contribution is 0.238. The van der Waals surface area contributed by atoms with E-state index in [4.69, 9.17) is 0 Å². The summed E-state index contributed by atoms with van der Waals surface area (Å²) in [7, 11) is 4.16. The minimum atomic E-state index is -0.247. The van der Waals surface area contributed by atoms with E-state index in [1.807, 2.05) is 6.07 Å². The van der Waals surface area contributed by atoms with Crippen molar-refractivity contribution in [2.75, 3.05) is 14.1 Å². The third-order valence-electron chi connectivity index (χ3n) is 4.90. The number of hydrogen-bond acceptors (Lipinski definition) is 3. The zero-order valence-corrected chi connectivity index (χ0v) is 14.3. The van der Waals surface area contributed by atoms with Crippen molar-refractivity contribution in [1.82, 2.24) is 15.1 Å². The number of fused-ring (bicyclic) bond motifs is 1. The first kappa shape index (κ1) is 16.1. The molecule has 0 bridgehead atoms. The molecule has 0 saturated carbocycles. The molecule has 1 heterocycles. The lowest BCUT2D eigenvalue weighted by Gasteiger charge is -2.35. The Morgan fingerprint density at radius 2 is 1.87 bits per heavy atom. The molecule has 122 valence electrons. The third-order valence-corrected chi connectivity index (χ3v) is 4.90. The molecule has 3 nitrogen and oxygen atoms in total. The first-order valence-corrected chi connectivity index (χ1v) is 8.28. The quantitative estimate of drug-likeness (QED) is 0.840. The molecule has 1 aromatic carbocycles. The van der Waals surface area contributed by atoms with Crippen LogP contribution in [-0.4, -0.2) is 29.2 Å². The van der Waals surface area contributed by atoms with Crippen LogP contribution in [0.15, 0.2) is 30.3 Å². The number of rotatable bonds is 3. The van der Waals surface area contributed by atoms with E-state index in [0.717, 1.165) is 18.5 Å². The van der Waals surface area contributed by atoms with Gasteiger partial charge in [-0.25, -0.2) is 4.39 Å². The summed E-state index contributed by atoms with van der Waals surface area (Å²) in [5, 5.41) is 8.85. The second-order valence-corrected chi connectivity index (χ2v) is 6.96. The first-order chi connectivity index (χ1) is 11.0. The molecule has 2 unspecified atom stereocenters. The van der Waals surface area contributed by atoms with E-state index in [-0.39, 0.29) is 5.82 Å². The van der Waals surface area contributed by atoms with Gasteiger partial charge in [0.25, 0.3) is 0 Å². The molecule has 1 aliphatic carbocycles. The molecule has 1 aliphatic rings. The fraction of sp³-hybridized carbons (Fsp3) is 0.474. The van der Waals surface area contributed by atoms with Crippen LogP contribution >= 0.6 is 0 Å². The van der Waals surface area contributed by atoms with Crippen LogP contribution in [-0.2, 0) is 0 Å². The maximum absolute atomic E-state index is 14.1. The van der Waals surface area contributed by atoms with E-state index in [2.05, 4.69) is 49.1 Å². The summed E-state index contributed by atoms with van der Waals surface area (Å²) in [5.74, 6) is 0.750. The SMILES string of the molecule is CC(C)C1CCC(N(C)C)c2nnc(-c3ccccc3F)cc21. The van der Waals surface area contributed by atoms with Crippen LogP contribution in [0, 0.1) is 11.7 Å². The Morgan fingerprint density at radius 3 is 2.52 bits per heavy atom. The smallest absolute Gasteiger partial charge is 0.132 e. The molecule has 0 spiro atoms. The van der Waals surface area contributed by atoms with Crippen LogP contribution < -0.4 is 0 Å². The van der Waals surface area contributed by atoms with Gasteiger partial charge in [0.1, 0.15) is 5.82 Å². The molecule has 0 fully saturated rings. The Hall–Kier alpha value is -1.81. The Balaban J connectivity index is 2.11. The summed E-state index contributed by atoms with van der Waals surface area (Å²) in [6.45, 7) is 4.49. The van der Waals surface area contributed by atoms with Gasteiger partial charge in [-0.05, 0) is 62.5 Å². The van der Waals surface area contributed by atoms with Gasteiger partial charge in [0.15, 0.2) is 0 Å². The van der Waals surface area contributed by atoms with E-state index in [0.29, 0.717) is 29.1 Å². The van der Waals surface area contributed by atoms with E-state index in [9.17, 15) is 4.39 Å². The first-order valence-electron chi connectivity index (χ1n) is 8.28. The van der Waals surface area contributed by atoms with Crippen LogP contribution in [0.1, 0.15) is 49.9 Å². The zero-order valence-electron chi connectivity index (χ0n) is 14.3. The van der Waals surface area contributed by atoms with E-state index < -0.39 is 0 Å². The molecule has 3 rings (SSSR count). The number of benzene rings is 1. The standard InChI is InChI=1S/C19H24FN3/c1-12(2)13-9-10-18(23(3)4)19-15(13)11-17(21-22-19)14-7-5-6-8-16(14)20/h5-8,11-13,18H,9-10H2,1-4H3. The van der Waals surface area contributed by atoms with E-state index in [1.165, 1.54) is 11.6 Å². The van der Waals surface area contributed by atoms with Crippen LogP contribution in [0.5, 0.6) is 0 Å². The Bertz CT molecular complexity index is 697. The van der Waals surface area contributed by atoms with Gasteiger partial charge in [0.05, 0.1) is 17.4 Å². The number of halogens is 1. The highest BCUT2D eigenvalue weighted by Gasteiger charge is 2.32. The fourth-order valence-electron chi connectivity index (χ4n) is 3.60. The molecule has 0 amide bonds. The molecule has 0 radical (unpaired) electrons. The highest BCUT2D eigenvalue weighted by atomic mass is 19.1. The van der Waals surface area contributed by atoms with Crippen LogP contribution in [0.4, 0.5) is 4.39 Å². The topological polar surface area (TPSA) is 29.0 Å². The summed E-state index contributed by atoms with van der Waals surface area (Å²) >= 11 is 0. The molecule has 1 aromatic heterocycles. The average Bonchev–Trinajstić information content (AvgIpc) is 2.53. The lowest BCUT2D eigenvalue weighted by atomic mass is 9.76. The molecule has 2 aromatic rings. The van der Waals surface area contributed by atoms with Crippen LogP contribution in [0.25, 0.3) is 11.3 Å². The largest absolute Gasteiger partial charge is 0.301 e. The summed E-state index contributed by atoms with van der Waals surface area (Å²) in [4.78, 5) is 2.20. The molecule has 0 saturated heterocycles. The van der Waals surface area contributed by atoms with Gasteiger partial charge in [-0.3, -0.25) is 0 Å². The molecule has 0 aliphatic heterocycles. The highest BCUT2D eigenvalue weighted by Crippen LogP contribution is 2.42. The van der Waals surface area contributed by atoms with Gasteiger partial charge >= 0.3 is 0 Å². The molecule has 0 N–H and O–H groups in total. The fourth-order valence-corrected chi connectivity index (χ4v) is 3.60. The van der Waals surface area contributed by atoms with Crippen LogP contribution in [0.2, 0.25) is 0 Å². The maximum Gasteiger partial charge on any atom is 0.132 e. The van der Waals surface area contributed by atoms with Gasteiger partial charge in [-0.2, -0.15) is 10.2 Å². The van der Waals surface area contributed by atoms with Gasteiger partial charge in [0.2, 0.25) is 0 Å². The van der Waals surface area contributed by atoms with E-state index >= 15 is 0 Å². The minimum Gasteiger partial charge on any atom is -0.301 e. The van der Waals surface area contributed by atoms with Gasteiger partial charge in [0, 0.05) is 5.56 Å². The summed E-state index contributed by atoms with van der Waals surface area (Å²) in [6, 6.07) is 9.12. The van der Waals surface area contributed by atoms with Crippen molar-refractivity contribution in [3.8, 4) is 11.3 Å². The molecule has 4 heteroatoms. The van der Waals surface area contributed by atoms with Crippen molar-refractivity contribution in [3.63, 3.8) is 0 Å². The molecular weight excluding hydrogens is 289 g/mol. The van der Waals surface area contributed by atoms with Crippen molar-refractivity contribution in [2.24, 2.45) is 5.92 Å².